The molecule has 1 fully saturated rings. The smallest absolute Gasteiger partial charge is 0.284 e. The number of hydrogen-bond acceptors (Lipinski definition) is 3. The molecule has 1 heterocycles. The monoisotopic (exact) mass is 370 g/mol. The van der Waals surface area contributed by atoms with Gasteiger partial charge < -0.3 is 9.64 Å². The van der Waals surface area contributed by atoms with Gasteiger partial charge in [0.25, 0.3) is 10.0 Å². The third kappa shape index (κ3) is 4.47. The molecule has 0 unspecified atom stereocenters. The van der Waals surface area contributed by atoms with Crippen LogP contribution in [0.2, 0.25) is 0 Å². The highest BCUT2D eigenvalue weighted by atomic mass is 35.6. The zero-order valence-corrected chi connectivity index (χ0v) is 14.0. The number of amidine groups is 1. The Hall–Kier alpha value is -0.530. The fourth-order valence-corrected chi connectivity index (χ4v) is 3.55. The number of halogens is 3. The van der Waals surface area contributed by atoms with Crippen molar-refractivity contribution in [3.63, 3.8) is 0 Å². The van der Waals surface area contributed by atoms with Crippen LogP contribution in [0.25, 0.3) is 0 Å². The number of hydrogen-bond donors (Lipinski definition) is 0. The molecule has 0 radical (unpaired) electrons. The van der Waals surface area contributed by atoms with Crippen LogP contribution in [0.3, 0.4) is 0 Å². The minimum absolute atomic E-state index is 0.0463. The summed E-state index contributed by atoms with van der Waals surface area (Å²) in [7, 11) is -3.94. The van der Waals surface area contributed by atoms with Crippen LogP contribution < -0.4 is 0 Å². The van der Waals surface area contributed by atoms with Crippen LogP contribution in [0.1, 0.15) is 0 Å². The van der Waals surface area contributed by atoms with Gasteiger partial charge in [0.1, 0.15) is 0 Å². The lowest BCUT2D eigenvalue weighted by molar-refractivity contribution is 0.0675. The maximum atomic E-state index is 12.3. The molecular weight excluding hydrogens is 359 g/mol. The summed E-state index contributed by atoms with van der Waals surface area (Å²) < 4.78 is 31.6. The third-order valence-electron chi connectivity index (χ3n) is 2.81. The molecule has 9 heteroatoms. The Balaban J connectivity index is 2.41. The molecule has 1 saturated heterocycles. The summed E-state index contributed by atoms with van der Waals surface area (Å²) in [6.07, 6.45) is 0. The van der Waals surface area contributed by atoms with Crippen molar-refractivity contribution in [3.8, 4) is 0 Å². The van der Waals surface area contributed by atoms with Gasteiger partial charge in [0.2, 0.25) is 3.79 Å². The van der Waals surface area contributed by atoms with E-state index in [4.69, 9.17) is 39.5 Å². The van der Waals surface area contributed by atoms with Gasteiger partial charge in [-0.2, -0.15) is 8.42 Å². The predicted molar refractivity (Wildman–Crippen MR) is 83.7 cm³/mol. The summed E-state index contributed by atoms with van der Waals surface area (Å²) in [6, 6.07) is 7.79. The first-order valence-electron chi connectivity index (χ1n) is 6.10. The van der Waals surface area contributed by atoms with Gasteiger partial charge in [-0.15, -0.1) is 4.40 Å². The Kier molecular flexibility index (Phi) is 5.38. The van der Waals surface area contributed by atoms with Crippen molar-refractivity contribution < 1.29 is 13.2 Å². The molecule has 1 aliphatic heterocycles. The molecule has 1 aromatic carbocycles. The van der Waals surface area contributed by atoms with E-state index in [0.717, 1.165) is 0 Å². The van der Waals surface area contributed by atoms with Gasteiger partial charge in [-0.1, -0.05) is 53.0 Å². The Morgan fingerprint density at radius 2 is 1.71 bits per heavy atom. The molecule has 116 valence electrons. The molecule has 0 aliphatic carbocycles. The first kappa shape index (κ1) is 16.8. The lowest BCUT2D eigenvalue weighted by Gasteiger charge is -2.32. The highest BCUT2D eigenvalue weighted by Gasteiger charge is 2.35. The standard InChI is InChI=1S/C12H13Cl3N2O3S/c13-12(14,15)11(17-6-8-20-9-7-17)16-21(18,19)10-4-2-1-3-5-10/h1-5H,6-9H2/b16-11-. The van der Waals surface area contributed by atoms with E-state index >= 15 is 0 Å². The lowest BCUT2D eigenvalue weighted by Crippen LogP contribution is -2.46. The minimum Gasteiger partial charge on any atom is -0.378 e. The third-order valence-corrected chi connectivity index (χ3v) is 4.60. The molecule has 0 aromatic heterocycles. The van der Waals surface area contributed by atoms with Gasteiger partial charge in [0.05, 0.1) is 18.1 Å². The number of ether oxygens (including phenoxy) is 1. The van der Waals surface area contributed by atoms with Crippen LogP contribution in [0.5, 0.6) is 0 Å². The van der Waals surface area contributed by atoms with Gasteiger partial charge in [-0.05, 0) is 12.1 Å². The highest BCUT2D eigenvalue weighted by Crippen LogP contribution is 2.31. The summed E-state index contributed by atoms with van der Waals surface area (Å²) in [5.74, 6) is -0.111. The van der Waals surface area contributed by atoms with E-state index in [-0.39, 0.29) is 10.7 Å². The quantitative estimate of drug-likeness (QED) is 0.455. The Morgan fingerprint density at radius 1 is 1.14 bits per heavy atom. The molecule has 0 atom stereocenters. The average molecular weight is 372 g/mol. The molecule has 2 rings (SSSR count). The van der Waals surface area contributed by atoms with E-state index in [1.807, 2.05) is 0 Å². The van der Waals surface area contributed by atoms with Crippen LogP contribution in [0, 0.1) is 0 Å². The zero-order chi connectivity index (χ0) is 15.5. The Labute approximate surface area is 138 Å². The molecule has 1 aromatic rings. The first-order valence-corrected chi connectivity index (χ1v) is 8.68. The van der Waals surface area contributed by atoms with Crippen molar-refractivity contribution in [1.82, 2.24) is 4.90 Å². The normalized spacial score (nSPS) is 17.9. The average Bonchev–Trinajstić information content (AvgIpc) is 2.46. The number of benzene rings is 1. The van der Waals surface area contributed by atoms with Crippen molar-refractivity contribution in [2.45, 2.75) is 8.69 Å². The largest absolute Gasteiger partial charge is 0.378 e. The van der Waals surface area contributed by atoms with Crippen molar-refractivity contribution in [2.24, 2.45) is 4.40 Å². The fraction of sp³-hybridized carbons (Fsp3) is 0.417. The second kappa shape index (κ2) is 6.71. The maximum absolute atomic E-state index is 12.3. The summed E-state index contributed by atoms with van der Waals surface area (Å²) in [5.41, 5.74) is 0. The number of alkyl halides is 3. The van der Waals surface area contributed by atoms with Gasteiger partial charge in [-0.3, -0.25) is 0 Å². The van der Waals surface area contributed by atoms with Gasteiger partial charge in [0, 0.05) is 13.1 Å². The number of rotatable bonds is 2. The summed E-state index contributed by atoms with van der Waals surface area (Å²) >= 11 is 17.6. The van der Waals surface area contributed by atoms with E-state index < -0.39 is 13.8 Å². The molecule has 0 spiro atoms. The van der Waals surface area contributed by atoms with E-state index in [1.54, 1.807) is 23.1 Å². The van der Waals surface area contributed by atoms with E-state index in [9.17, 15) is 8.42 Å². The number of sulfonamides is 1. The van der Waals surface area contributed by atoms with Gasteiger partial charge in [-0.25, -0.2) is 0 Å². The summed E-state index contributed by atoms with van der Waals surface area (Å²) in [4.78, 5) is 1.65. The maximum Gasteiger partial charge on any atom is 0.284 e. The molecule has 0 saturated carbocycles. The number of morpholine rings is 1. The van der Waals surface area contributed by atoms with E-state index in [0.29, 0.717) is 26.3 Å². The molecule has 21 heavy (non-hydrogen) atoms. The fourth-order valence-electron chi connectivity index (χ4n) is 1.82. The van der Waals surface area contributed by atoms with Crippen molar-refractivity contribution in [2.75, 3.05) is 26.3 Å². The summed E-state index contributed by atoms with van der Waals surface area (Å²) in [5, 5.41) is 0. The van der Waals surface area contributed by atoms with Crippen molar-refractivity contribution >= 4 is 50.7 Å². The van der Waals surface area contributed by atoms with Crippen molar-refractivity contribution in [3.05, 3.63) is 30.3 Å². The summed E-state index contributed by atoms with van der Waals surface area (Å²) in [6.45, 7) is 1.67. The van der Waals surface area contributed by atoms with Crippen LogP contribution in [-0.2, 0) is 14.8 Å². The van der Waals surface area contributed by atoms with Crippen LogP contribution in [0.4, 0.5) is 0 Å². The Morgan fingerprint density at radius 3 is 2.24 bits per heavy atom. The minimum atomic E-state index is -3.94. The van der Waals surface area contributed by atoms with Gasteiger partial charge in [0.15, 0.2) is 5.84 Å². The molecular formula is C12H13Cl3N2O3S. The predicted octanol–water partition coefficient (Wildman–Crippen LogP) is 2.48. The molecule has 0 N–H and O–H groups in total. The van der Waals surface area contributed by atoms with E-state index in [1.165, 1.54) is 12.1 Å². The molecule has 0 bridgehead atoms. The highest BCUT2D eigenvalue weighted by molar-refractivity contribution is 7.90. The van der Waals surface area contributed by atoms with Crippen LogP contribution in [-0.4, -0.2) is 49.2 Å². The Bertz CT molecular complexity index is 608. The second-order valence-electron chi connectivity index (χ2n) is 4.30. The molecule has 0 amide bonds. The van der Waals surface area contributed by atoms with Crippen LogP contribution >= 0.6 is 34.8 Å². The van der Waals surface area contributed by atoms with Crippen molar-refractivity contribution in [1.29, 1.82) is 0 Å². The lowest BCUT2D eigenvalue weighted by atomic mass is 10.4. The molecule has 1 aliphatic rings. The van der Waals surface area contributed by atoms with Gasteiger partial charge >= 0.3 is 0 Å². The molecule has 5 nitrogen and oxygen atoms in total. The first-order chi connectivity index (χ1) is 9.81. The number of nitrogens with zero attached hydrogens (tertiary/aromatic N) is 2. The second-order valence-corrected chi connectivity index (χ2v) is 8.19. The SMILES string of the molecule is O=S(=O)(/N=C(\N1CCOCC1)C(Cl)(Cl)Cl)c1ccccc1. The van der Waals surface area contributed by atoms with E-state index in [2.05, 4.69) is 4.40 Å². The van der Waals surface area contributed by atoms with Crippen LogP contribution in [0.15, 0.2) is 39.6 Å². The zero-order valence-electron chi connectivity index (χ0n) is 10.9. The topological polar surface area (TPSA) is 59.0 Å².